The number of nitrogens with zero attached hydrogens (tertiary/aromatic N) is 1. The third-order valence-corrected chi connectivity index (χ3v) is 9.49. The summed E-state index contributed by atoms with van der Waals surface area (Å²) in [5, 5.41) is 14.6. The lowest BCUT2D eigenvalue weighted by molar-refractivity contribution is -0.131. The molecule has 1 fully saturated rings. The maximum Gasteiger partial charge on any atom is 0.240 e. The number of unbranched alkanes of at least 4 members (excludes halogenated alkanes) is 4. The number of aliphatic hydroxyl groups excluding tert-OH is 1. The highest BCUT2D eigenvalue weighted by Gasteiger charge is 2.56. The van der Waals surface area contributed by atoms with E-state index in [1.807, 2.05) is 0 Å². The van der Waals surface area contributed by atoms with Crippen molar-refractivity contribution in [2.75, 3.05) is 36.7 Å². The number of halogens is 3. The van der Waals surface area contributed by atoms with Crippen molar-refractivity contribution < 1.29 is 42.5 Å². The number of nitrogens with two attached hydrogens (primary N) is 1. The maximum absolute atomic E-state index is 15.3. The van der Waals surface area contributed by atoms with Gasteiger partial charge in [-0.2, -0.15) is 0 Å². The largest absolute Gasteiger partial charge is 0.493 e. The molecule has 15 heteroatoms. The van der Waals surface area contributed by atoms with E-state index in [4.69, 9.17) is 25.1 Å². The topological polar surface area (TPSA) is 162 Å². The number of rotatable bonds is 18. The second kappa shape index (κ2) is 18.8. The molecule has 0 saturated heterocycles. The van der Waals surface area contributed by atoms with Crippen LogP contribution in [0.4, 0.5) is 20.2 Å². The van der Waals surface area contributed by atoms with Crippen molar-refractivity contribution in [3.8, 4) is 23.0 Å². The molecule has 0 aliphatic heterocycles. The van der Waals surface area contributed by atoms with Crippen LogP contribution in [0.2, 0.25) is 0 Å². The summed E-state index contributed by atoms with van der Waals surface area (Å²) in [4.78, 5) is 42.0. The molecule has 1 atom stereocenters. The molecule has 2 amide bonds. The fourth-order valence-corrected chi connectivity index (χ4v) is 6.10. The number of thioether (sulfide) groups is 1. The summed E-state index contributed by atoms with van der Waals surface area (Å²) in [7, 11) is 1.52. The molecule has 52 heavy (non-hydrogen) atoms. The summed E-state index contributed by atoms with van der Waals surface area (Å²) in [5.41, 5.74) is 5.29. The molecule has 1 unspecified atom stereocenters. The number of aromatic nitrogens is 1. The molecule has 4 aromatic rings. The standard InChI is InChI=1S/C37H40F2N4O7S.ClH/c1-48-32-20-26-29(21-33(32)49-17-5-3-2-4-6-18-51-34(45)28(40)22-44)41-16-13-30(26)50-31-12-11-25(19-27(31)39)43-36(47)37(14-15-37)35(46)42-24-9-7-23(38)8-10-24;/h7-13,16,19-21,28,44H,2-6,14-15,17-18,22,40H2,1H3,(H,42,46)(H,43,47);1H. The molecule has 0 bridgehead atoms. The van der Waals surface area contributed by atoms with Crippen molar-refractivity contribution in [3.05, 3.63) is 78.5 Å². The van der Waals surface area contributed by atoms with Gasteiger partial charge in [-0.05, 0) is 74.2 Å². The molecule has 5 N–H and O–H groups in total. The van der Waals surface area contributed by atoms with E-state index < -0.39 is 34.9 Å². The van der Waals surface area contributed by atoms with Gasteiger partial charge in [0.25, 0.3) is 0 Å². The average Bonchev–Trinajstić information content (AvgIpc) is 3.95. The average molecular weight is 759 g/mol. The number of pyridine rings is 1. The van der Waals surface area contributed by atoms with Crippen LogP contribution < -0.4 is 30.6 Å². The van der Waals surface area contributed by atoms with E-state index in [2.05, 4.69) is 15.6 Å². The lowest BCUT2D eigenvalue weighted by atomic mass is 10.0. The van der Waals surface area contributed by atoms with Gasteiger partial charge in [-0.1, -0.05) is 31.0 Å². The molecule has 0 radical (unpaired) electrons. The molecule has 0 spiro atoms. The van der Waals surface area contributed by atoms with Gasteiger partial charge < -0.3 is 35.7 Å². The SMILES string of the molecule is COc1cc2c(Oc3ccc(NC(=O)C4(C(=O)Nc5ccc(F)cc5)CC4)cc3F)ccnc2cc1OCCCCCCCSC(=O)C(N)CO.Cl. The minimum absolute atomic E-state index is 0. The van der Waals surface area contributed by atoms with Gasteiger partial charge in [0.1, 0.15) is 17.0 Å². The predicted molar refractivity (Wildman–Crippen MR) is 198 cm³/mol. The third-order valence-electron chi connectivity index (χ3n) is 8.41. The van der Waals surface area contributed by atoms with E-state index in [9.17, 15) is 18.8 Å². The number of amides is 2. The van der Waals surface area contributed by atoms with Crippen LogP contribution >= 0.6 is 24.2 Å². The minimum Gasteiger partial charge on any atom is -0.493 e. The first kappa shape index (κ1) is 40.3. The van der Waals surface area contributed by atoms with Crippen LogP contribution in [-0.4, -0.2) is 59.1 Å². The molecule has 1 aliphatic rings. The van der Waals surface area contributed by atoms with E-state index in [1.54, 1.807) is 18.2 Å². The van der Waals surface area contributed by atoms with Crippen molar-refractivity contribution in [1.82, 2.24) is 4.98 Å². The van der Waals surface area contributed by atoms with Gasteiger partial charge >= 0.3 is 0 Å². The Balaban J connectivity index is 0.00000605. The zero-order valence-corrected chi connectivity index (χ0v) is 30.1. The molecule has 1 heterocycles. The Morgan fingerprint density at radius 3 is 2.23 bits per heavy atom. The Morgan fingerprint density at radius 1 is 0.885 bits per heavy atom. The summed E-state index contributed by atoms with van der Waals surface area (Å²) in [6, 6.07) is 13.4. The van der Waals surface area contributed by atoms with Crippen molar-refractivity contribution in [3.63, 3.8) is 0 Å². The van der Waals surface area contributed by atoms with Gasteiger partial charge in [-0.3, -0.25) is 19.4 Å². The number of methoxy groups -OCH3 is 1. The molecule has 3 aromatic carbocycles. The highest BCUT2D eigenvalue weighted by atomic mass is 35.5. The highest BCUT2D eigenvalue weighted by molar-refractivity contribution is 8.13. The molecule has 1 aliphatic carbocycles. The van der Waals surface area contributed by atoms with E-state index >= 15 is 4.39 Å². The van der Waals surface area contributed by atoms with Crippen molar-refractivity contribution in [1.29, 1.82) is 0 Å². The van der Waals surface area contributed by atoms with Crippen LogP contribution in [0.25, 0.3) is 10.9 Å². The van der Waals surface area contributed by atoms with E-state index in [0.717, 1.165) is 49.9 Å². The molecular formula is C37H41ClF2N4O7S. The minimum atomic E-state index is -1.29. The zero-order valence-electron chi connectivity index (χ0n) is 28.5. The Labute approximate surface area is 310 Å². The fraction of sp³-hybridized carbons (Fsp3) is 0.351. The number of hydrogen-bond donors (Lipinski definition) is 4. The van der Waals surface area contributed by atoms with Crippen LogP contribution in [-0.2, 0) is 14.4 Å². The molecule has 1 aromatic heterocycles. The molecule has 278 valence electrons. The number of nitrogens with one attached hydrogen (secondary N) is 2. The first-order chi connectivity index (χ1) is 24.6. The summed E-state index contributed by atoms with van der Waals surface area (Å²) in [6.45, 7) is 0.122. The second-order valence-corrected chi connectivity index (χ2v) is 13.2. The van der Waals surface area contributed by atoms with Crippen LogP contribution in [0.1, 0.15) is 44.9 Å². The van der Waals surface area contributed by atoms with Gasteiger partial charge in [-0.15, -0.1) is 12.4 Å². The fourth-order valence-electron chi connectivity index (χ4n) is 5.26. The van der Waals surface area contributed by atoms with Crippen LogP contribution in [0.3, 0.4) is 0 Å². The number of benzene rings is 3. The monoisotopic (exact) mass is 758 g/mol. The Morgan fingerprint density at radius 2 is 1.56 bits per heavy atom. The predicted octanol–water partition coefficient (Wildman–Crippen LogP) is 7.00. The van der Waals surface area contributed by atoms with Crippen molar-refractivity contribution >= 4 is 63.4 Å². The smallest absolute Gasteiger partial charge is 0.240 e. The number of anilines is 2. The molecular weight excluding hydrogens is 718 g/mol. The third kappa shape index (κ3) is 10.3. The van der Waals surface area contributed by atoms with E-state index in [-0.39, 0.29) is 35.6 Å². The quantitative estimate of drug-likeness (QED) is 0.0614. The Bertz CT molecular complexity index is 1860. The van der Waals surface area contributed by atoms with Gasteiger partial charge in [0.2, 0.25) is 16.9 Å². The zero-order chi connectivity index (χ0) is 36.4. The van der Waals surface area contributed by atoms with Crippen LogP contribution in [0.5, 0.6) is 23.0 Å². The van der Waals surface area contributed by atoms with Crippen LogP contribution in [0.15, 0.2) is 66.9 Å². The van der Waals surface area contributed by atoms with Gasteiger partial charge in [0, 0.05) is 40.8 Å². The molecule has 5 rings (SSSR count). The number of aliphatic hydroxyl groups is 1. The van der Waals surface area contributed by atoms with E-state index in [1.165, 1.54) is 49.7 Å². The van der Waals surface area contributed by atoms with E-state index in [0.29, 0.717) is 59.0 Å². The van der Waals surface area contributed by atoms with Crippen molar-refractivity contribution in [2.45, 2.75) is 51.0 Å². The summed E-state index contributed by atoms with van der Waals surface area (Å²) in [6.07, 6.45) is 6.80. The number of hydrogen-bond acceptors (Lipinski definition) is 10. The Hall–Kier alpha value is -4.50. The lowest BCUT2D eigenvalue weighted by Gasteiger charge is -2.16. The molecule has 11 nitrogen and oxygen atoms in total. The van der Waals surface area contributed by atoms with Gasteiger partial charge in [-0.25, -0.2) is 8.78 Å². The first-order valence-electron chi connectivity index (χ1n) is 16.6. The molecule has 1 saturated carbocycles. The first-order valence-corrected chi connectivity index (χ1v) is 17.6. The second-order valence-electron chi connectivity index (χ2n) is 12.1. The van der Waals surface area contributed by atoms with Gasteiger partial charge in [0.05, 0.1) is 31.9 Å². The Kier molecular flexibility index (Phi) is 14.6. The number of ether oxygens (including phenoxy) is 3. The van der Waals surface area contributed by atoms with Gasteiger partial charge in [0.15, 0.2) is 23.1 Å². The summed E-state index contributed by atoms with van der Waals surface area (Å²) in [5.74, 6) is -0.375. The number of fused-ring (bicyclic) bond motifs is 1. The van der Waals surface area contributed by atoms with Crippen molar-refractivity contribution in [2.24, 2.45) is 11.1 Å². The maximum atomic E-state index is 15.3. The highest BCUT2D eigenvalue weighted by Crippen LogP contribution is 2.47. The lowest BCUT2D eigenvalue weighted by Crippen LogP contribution is -2.35. The van der Waals surface area contributed by atoms with Crippen LogP contribution in [0, 0.1) is 17.0 Å². The summed E-state index contributed by atoms with van der Waals surface area (Å²) >= 11 is 1.16. The normalized spacial score (nSPS) is 13.4. The number of carbonyl (C=O) groups is 3. The summed E-state index contributed by atoms with van der Waals surface area (Å²) < 4.78 is 46.0. The number of carbonyl (C=O) groups excluding carboxylic acids is 3.